The molecule has 0 bridgehead atoms. The third-order valence-corrected chi connectivity index (χ3v) is 6.38. The van der Waals surface area contributed by atoms with Gasteiger partial charge in [-0.2, -0.15) is 4.31 Å². The molecule has 0 saturated carbocycles. The van der Waals surface area contributed by atoms with Crippen LogP contribution in [0.25, 0.3) is 0 Å². The number of likely N-dealkylation sites (N-methyl/N-ethyl adjacent to an activating group) is 1. The van der Waals surface area contributed by atoms with Crippen molar-refractivity contribution in [2.24, 2.45) is 0 Å². The molecule has 0 spiro atoms. The van der Waals surface area contributed by atoms with Crippen molar-refractivity contribution < 1.29 is 13.2 Å². The van der Waals surface area contributed by atoms with E-state index in [2.05, 4.69) is 15.9 Å². The molecule has 1 atom stereocenters. The van der Waals surface area contributed by atoms with Gasteiger partial charge in [0.2, 0.25) is 10.0 Å². The van der Waals surface area contributed by atoms with E-state index < -0.39 is 10.0 Å². The van der Waals surface area contributed by atoms with Gasteiger partial charge < -0.3 is 4.74 Å². The zero-order valence-electron chi connectivity index (χ0n) is 11.8. The van der Waals surface area contributed by atoms with Gasteiger partial charge in [-0.3, -0.25) is 0 Å². The van der Waals surface area contributed by atoms with Crippen molar-refractivity contribution in [2.45, 2.75) is 37.7 Å². The lowest BCUT2D eigenvalue weighted by Crippen LogP contribution is -2.37. The second kappa shape index (κ2) is 6.56. The summed E-state index contributed by atoms with van der Waals surface area (Å²) in [5.41, 5.74) is 0.916. The fourth-order valence-electron chi connectivity index (χ4n) is 2.34. The second-order valence-corrected chi connectivity index (χ2v) is 7.79. The van der Waals surface area contributed by atoms with Gasteiger partial charge in [-0.1, -0.05) is 22.9 Å². The van der Waals surface area contributed by atoms with Gasteiger partial charge in [0.05, 0.1) is 11.0 Å². The average molecular weight is 362 g/mol. The highest BCUT2D eigenvalue weighted by Gasteiger charge is 2.28. The van der Waals surface area contributed by atoms with E-state index in [1.165, 1.54) is 4.31 Å². The van der Waals surface area contributed by atoms with Crippen molar-refractivity contribution in [1.82, 2.24) is 4.31 Å². The Balaban J connectivity index is 2.23. The van der Waals surface area contributed by atoms with Crippen LogP contribution in [0.2, 0.25) is 0 Å². The number of aryl methyl sites for hydroxylation is 1. The number of nitrogens with zero attached hydrogens (tertiary/aromatic N) is 1. The zero-order valence-corrected chi connectivity index (χ0v) is 14.2. The maximum absolute atomic E-state index is 12.7. The van der Waals surface area contributed by atoms with Gasteiger partial charge >= 0.3 is 0 Å². The Morgan fingerprint density at radius 2 is 2.20 bits per heavy atom. The molecule has 0 aliphatic carbocycles. The molecule has 0 aromatic heterocycles. The maximum atomic E-state index is 12.7. The van der Waals surface area contributed by atoms with Crippen molar-refractivity contribution in [3.8, 4) is 0 Å². The summed E-state index contributed by atoms with van der Waals surface area (Å²) in [6.45, 7) is 5.38. The average Bonchev–Trinajstić information content (AvgIpc) is 2.91. The van der Waals surface area contributed by atoms with Crippen LogP contribution >= 0.6 is 15.9 Å². The van der Waals surface area contributed by atoms with Gasteiger partial charge in [0.15, 0.2) is 0 Å². The van der Waals surface area contributed by atoms with E-state index in [1.54, 1.807) is 18.2 Å². The molecule has 0 amide bonds. The van der Waals surface area contributed by atoms with E-state index >= 15 is 0 Å². The highest BCUT2D eigenvalue weighted by atomic mass is 79.9. The van der Waals surface area contributed by atoms with Gasteiger partial charge in [0, 0.05) is 24.2 Å². The SMILES string of the molecule is CCN(CC1CCCO1)S(=O)(=O)c1ccc(Br)c(C)c1. The molecule has 1 fully saturated rings. The fraction of sp³-hybridized carbons (Fsp3) is 0.571. The predicted molar refractivity (Wildman–Crippen MR) is 82.3 cm³/mol. The standard InChI is InChI=1S/C14H20BrNO3S/c1-3-16(10-12-5-4-8-19-12)20(17,18)13-6-7-14(15)11(2)9-13/h6-7,9,12H,3-5,8,10H2,1-2H3. The smallest absolute Gasteiger partial charge is 0.243 e. The molecule has 1 aromatic rings. The number of hydrogen-bond acceptors (Lipinski definition) is 3. The van der Waals surface area contributed by atoms with Crippen molar-refractivity contribution in [3.63, 3.8) is 0 Å². The van der Waals surface area contributed by atoms with E-state index in [0.29, 0.717) is 18.0 Å². The Morgan fingerprint density at radius 1 is 1.45 bits per heavy atom. The lowest BCUT2D eigenvalue weighted by atomic mass is 10.2. The van der Waals surface area contributed by atoms with Crippen molar-refractivity contribution in [2.75, 3.05) is 19.7 Å². The van der Waals surface area contributed by atoms with E-state index in [4.69, 9.17) is 4.74 Å². The van der Waals surface area contributed by atoms with E-state index in [1.807, 2.05) is 13.8 Å². The quantitative estimate of drug-likeness (QED) is 0.809. The number of benzene rings is 1. The molecule has 6 heteroatoms. The Morgan fingerprint density at radius 3 is 2.75 bits per heavy atom. The monoisotopic (exact) mass is 361 g/mol. The third kappa shape index (κ3) is 3.42. The summed E-state index contributed by atoms with van der Waals surface area (Å²) < 4.78 is 33.3. The van der Waals surface area contributed by atoms with Crippen molar-refractivity contribution in [1.29, 1.82) is 0 Å². The summed E-state index contributed by atoms with van der Waals surface area (Å²) in [4.78, 5) is 0.345. The lowest BCUT2D eigenvalue weighted by Gasteiger charge is -2.23. The molecule has 2 rings (SSSR count). The van der Waals surface area contributed by atoms with Crippen LogP contribution in [0.3, 0.4) is 0 Å². The molecule has 20 heavy (non-hydrogen) atoms. The topological polar surface area (TPSA) is 46.6 Å². The predicted octanol–water partition coefficient (Wildman–Crippen LogP) is 2.95. The Kier molecular flexibility index (Phi) is 5.23. The van der Waals surface area contributed by atoms with Crippen LogP contribution in [0.15, 0.2) is 27.6 Å². The summed E-state index contributed by atoms with van der Waals surface area (Å²) in [6.07, 6.45) is 1.98. The molecular weight excluding hydrogens is 342 g/mol. The largest absolute Gasteiger partial charge is 0.377 e. The first-order valence-electron chi connectivity index (χ1n) is 6.83. The third-order valence-electron chi connectivity index (χ3n) is 3.55. The van der Waals surface area contributed by atoms with Gasteiger partial charge in [-0.15, -0.1) is 0 Å². The number of sulfonamides is 1. The summed E-state index contributed by atoms with van der Waals surface area (Å²) >= 11 is 3.39. The van der Waals surface area contributed by atoms with Crippen LogP contribution in [-0.2, 0) is 14.8 Å². The molecule has 4 nitrogen and oxygen atoms in total. The van der Waals surface area contributed by atoms with Crippen LogP contribution in [0.5, 0.6) is 0 Å². The van der Waals surface area contributed by atoms with E-state index in [0.717, 1.165) is 29.5 Å². The minimum absolute atomic E-state index is 0.0290. The minimum Gasteiger partial charge on any atom is -0.377 e. The summed E-state index contributed by atoms with van der Waals surface area (Å²) in [6, 6.07) is 5.13. The molecule has 1 saturated heterocycles. The number of hydrogen-bond donors (Lipinski definition) is 0. The summed E-state index contributed by atoms with van der Waals surface area (Å²) in [5, 5.41) is 0. The van der Waals surface area contributed by atoms with Crippen LogP contribution < -0.4 is 0 Å². The number of halogens is 1. The van der Waals surface area contributed by atoms with Crippen LogP contribution in [-0.4, -0.2) is 38.5 Å². The molecule has 112 valence electrons. The van der Waals surface area contributed by atoms with Gasteiger partial charge in [0.1, 0.15) is 0 Å². The van der Waals surface area contributed by atoms with Crippen LogP contribution in [0.4, 0.5) is 0 Å². The number of ether oxygens (including phenoxy) is 1. The Hall–Kier alpha value is -0.430. The van der Waals surface area contributed by atoms with Crippen molar-refractivity contribution >= 4 is 26.0 Å². The lowest BCUT2D eigenvalue weighted by molar-refractivity contribution is 0.0947. The van der Waals surface area contributed by atoms with Crippen LogP contribution in [0, 0.1) is 6.92 Å². The first kappa shape index (κ1) is 15.9. The minimum atomic E-state index is -3.45. The van der Waals surface area contributed by atoms with Gasteiger partial charge in [-0.05, 0) is 43.5 Å². The summed E-state index contributed by atoms with van der Waals surface area (Å²) in [5.74, 6) is 0. The zero-order chi connectivity index (χ0) is 14.8. The fourth-order valence-corrected chi connectivity index (χ4v) is 4.15. The van der Waals surface area contributed by atoms with E-state index in [-0.39, 0.29) is 6.10 Å². The summed E-state index contributed by atoms with van der Waals surface area (Å²) in [7, 11) is -3.45. The van der Waals surface area contributed by atoms with Crippen molar-refractivity contribution in [3.05, 3.63) is 28.2 Å². The molecule has 1 aromatic carbocycles. The first-order valence-corrected chi connectivity index (χ1v) is 9.06. The molecule has 1 unspecified atom stereocenters. The van der Waals surface area contributed by atoms with Gasteiger partial charge in [0.25, 0.3) is 0 Å². The first-order chi connectivity index (χ1) is 9.45. The Labute approximate surface area is 129 Å². The van der Waals surface area contributed by atoms with Crippen LogP contribution in [0.1, 0.15) is 25.3 Å². The number of rotatable bonds is 5. The highest BCUT2D eigenvalue weighted by molar-refractivity contribution is 9.10. The maximum Gasteiger partial charge on any atom is 0.243 e. The molecule has 0 radical (unpaired) electrons. The molecule has 1 heterocycles. The Bertz CT molecular complexity index is 568. The molecule has 1 aliphatic heterocycles. The normalized spacial score (nSPS) is 19.7. The molecule has 1 aliphatic rings. The second-order valence-electron chi connectivity index (χ2n) is 5.00. The highest BCUT2D eigenvalue weighted by Crippen LogP contribution is 2.24. The molecular formula is C14H20BrNO3S. The van der Waals surface area contributed by atoms with Gasteiger partial charge in [-0.25, -0.2) is 8.42 Å². The van der Waals surface area contributed by atoms with E-state index in [9.17, 15) is 8.42 Å². The molecule has 0 N–H and O–H groups in total.